The Morgan fingerprint density at radius 2 is 2.13 bits per heavy atom. The molecule has 3 heterocycles. The van der Waals surface area contributed by atoms with E-state index >= 15 is 0 Å². The molecule has 2 aliphatic heterocycles. The molecule has 0 aliphatic carbocycles. The van der Waals surface area contributed by atoms with E-state index in [4.69, 9.17) is 4.74 Å². The van der Waals surface area contributed by atoms with Gasteiger partial charge in [0.15, 0.2) is 0 Å². The monoisotopic (exact) mass is 320 g/mol. The first kappa shape index (κ1) is 16.5. The summed E-state index contributed by atoms with van der Waals surface area (Å²) >= 11 is 0. The van der Waals surface area contributed by atoms with Crippen LogP contribution in [0.4, 0.5) is 0 Å². The third kappa shape index (κ3) is 3.93. The van der Waals surface area contributed by atoms with Gasteiger partial charge >= 0.3 is 0 Å². The molecule has 0 radical (unpaired) electrons. The molecular formula is C17H28N4O2. The van der Waals surface area contributed by atoms with Crippen molar-refractivity contribution in [2.45, 2.75) is 51.7 Å². The molecular weight excluding hydrogens is 292 g/mol. The second kappa shape index (κ2) is 7.45. The molecule has 1 amide bonds. The third-order valence-electron chi connectivity index (χ3n) is 5.02. The number of morpholine rings is 1. The zero-order chi connectivity index (χ0) is 16.2. The van der Waals surface area contributed by atoms with Crippen LogP contribution in [0.15, 0.2) is 12.4 Å². The van der Waals surface area contributed by atoms with Gasteiger partial charge in [-0.05, 0) is 38.7 Å². The highest BCUT2D eigenvalue weighted by molar-refractivity contribution is 5.82. The first-order valence-corrected chi connectivity index (χ1v) is 8.76. The van der Waals surface area contributed by atoms with E-state index in [1.165, 1.54) is 12.0 Å². The highest BCUT2D eigenvalue weighted by atomic mass is 16.5. The van der Waals surface area contributed by atoms with Crippen LogP contribution in [-0.2, 0) is 16.1 Å². The Balaban J connectivity index is 1.65. The van der Waals surface area contributed by atoms with E-state index < -0.39 is 0 Å². The van der Waals surface area contributed by atoms with Crippen LogP contribution in [0.25, 0.3) is 0 Å². The van der Waals surface area contributed by atoms with Crippen LogP contribution in [0.3, 0.4) is 0 Å². The Bertz CT molecular complexity index is 524. The Morgan fingerprint density at radius 1 is 1.35 bits per heavy atom. The first-order valence-electron chi connectivity index (χ1n) is 8.76. The number of hydrogen-bond donors (Lipinski definition) is 0. The fourth-order valence-electron chi connectivity index (χ4n) is 3.62. The molecule has 128 valence electrons. The van der Waals surface area contributed by atoms with Gasteiger partial charge in [-0.1, -0.05) is 0 Å². The van der Waals surface area contributed by atoms with Crippen LogP contribution in [0.2, 0.25) is 0 Å². The van der Waals surface area contributed by atoms with Crippen LogP contribution in [-0.4, -0.2) is 70.4 Å². The van der Waals surface area contributed by atoms with Crippen LogP contribution in [0, 0.1) is 6.92 Å². The van der Waals surface area contributed by atoms with Gasteiger partial charge in [0.2, 0.25) is 5.91 Å². The number of amides is 1. The Hall–Kier alpha value is -1.40. The summed E-state index contributed by atoms with van der Waals surface area (Å²) in [4.78, 5) is 17.4. The standard InChI is InChI=1S/C17H28N4O2/c1-14-11-18-20(12-14)13-16-5-3-4-6-21(16)17(22)15(2)19-7-9-23-10-8-19/h11-12,15-16H,3-10,13H2,1-2H3. The molecule has 0 bridgehead atoms. The average molecular weight is 320 g/mol. The maximum absolute atomic E-state index is 13.0. The molecule has 0 saturated carbocycles. The first-order chi connectivity index (χ1) is 11.1. The Labute approximate surface area is 138 Å². The SMILES string of the molecule is Cc1cnn(CC2CCCCN2C(=O)C(C)N2CCOCC2)c1. The molecule has 6 heteroatoms. The van der Waals surface area contributed by atoms with Crippen LogP contribution >= 0.6 is 0 Å². The Kier molecular flexibility index (Phi) is 5.33. The van der Waals surface area contributed by atoms with Crippen molar-refractivity contribution in [2.24, 2.45) is 0 Å². The molecule has 0 spiro atoms. The van der Waals surface area contributed by atoms with E-state index in [1.807, 2.05) is 24.7 Å². The summed E-state index contributed by atoms with van der Waals surface area (Å²) in [5, 5.41) is 4.39. The predicted octanol–water partition coefficient (Wildman–Crippen LogP) is 1.29. The zero-order valence-corrected chi connectivity index (χ0v) is 14.3. The lowest BCUT2D eigenvalue weighted by atomic mass is 10.0. The fourth-order valence-corrected chi connectivity index (χ4v) is 3.62. The highest BCUT2D eigenvalue weighted by Gasteiger charge is 2.33. The van der Waals surface area contributed by atoms with Crippen molar-refractivity contribution in [3.05, 3.63) is 18.0 Å². The predicted molar refractivity (Wildman–Crippen MR) is 88.2 cm³/mol. The summed E-state index contributed by atoms with van der Waals surface area (Å²) in [6, 6.07) is 0.206. The molecule has 2 aliphatic rings. The molecule has 3 rings (SSSR count). The van der Waals surface area contributed by atoms with Crippen LogP contribution in [0.5, 0.6) is 0 Å². The molecule has 1 aromatic rings. The number of carbonyl (C=O) groups is 1. The lowest BCUT2D eigenvalue weighted by molar-refractivity contribution is -0.142. The van der Waals surface area contributed by atoms with E-state index in [9.17, 15) is 4.79 Å². The lowest BCUT2D eigenvalue weighted by Crippen LogP contribution is -2.55. The van der Waals surface area contributed by atoms with Crippen molar-refractivity contribution in [1.29, 1.82) is 0 Å². The number of ether oxygens (including phenoxy) is 1. The van der Waals surface area contributed by atoms with E-state index in [2.05, 4.69) is 21.1 Å². The molecule has 0 aromatic carbocycles. The van der Waals surface area contributed by atoms with E-state index in [1.54, 1.807) is 0 Å². The van der Waals surface area contributed by atoms with Gasteiger partial charge in [0.05, 0.1) is 38.0 Å². The van der Waals surface area contributed by atoms with Gasteiger partial charge < -0.3 is 9.64 Å². The quantitative estimate of drug-likeness (QED) is 0.839. The van der Waals surface area contributed by atoms with Crippen molar-refractivity contribution in [3.63, 3.8) is 0 Å². The minimum Gasteiger partial charge on any atom is -0.379 e. The van der Waals surface area contributed by atoms with Gasteiger partial charge in [0, 0.05) is 25.8 Å². The normalized spacial score (nSPS) is 24.6. The fraction of sp³-hybridized carbons (Fsp3) is 0.765. The van der Waals surface area contributed by atoms with Crippen molar-refractivity contribution in [1.82, 2.24) is 19.6 Å². The molecule has 2 unspecified atom stereocenters. The summed E-state index contributed by atoms with van der Waals surface area (Å²) in [6.07, 6.45) is 7.31. The number of nitrogens with zero attached hydrogens (tertiary/aromatic N) is 4. The van der Waals surface area contributed by atoms with Crippen molar-refractivity contribution >= 4 is 5.91 Å². The van der Waals surface area contributed by atoms with Gasteiger partial charge in [-0.3, -0.25) is 14.4 Å². The summed E-state index contributed by atoms with van der Waals surface area (Å²) in [6.45, 7) is 8.92. The minimum atomic E-state index is -0.0566. The molecule has 6 nitrogen and oxygen atoms in total. The van der Waals surface area contributed by atoms with Crippen LogP contribution < -0.4 is 0 Å². The maximum Gasteiger partial charge on any atom is 0.239 e. The van der Waals surface area contributed by atoms with E-state index in [0.29, 0.717) is 0 Å². The van der Waals surface area contributed by atoms with Crippen molar-refractivity contribution in [3.8, 4) is 0 Å². The number of rotatable bonds is 4. The molecule has 2 fully saturated rings. The van der Waals surface area contributed by atoms with Gasteiger partial charge in [0.1, 0.15) is 0 Å². The number of carbonyl (C=O) groups excluding carboxylic acids is 1. The van der Waals surface area contributed by atoms with Crippen molar-refractivity contribution < 1.29 is 9.53 Å². The second-order valence-corrected chi connectivity index (χ2v) is 6.75. The molecule has 0 N–H and O–H groups in total. The molecule has 2 atom stereocenters. The molecule has 1 aromatic heterocycles. The molecule has 2 saturated heterocycles. The average Bonchev–Trinajstić information content (AvgIpc) is 3.00. The topological polar surface area (TPSA) is 50.6 Å². The smallest absolute Gasteiger partial charge is 0.239 e. The Morgan fingerprint density at radius 3 is 2.83 bits per heavy atom. The summed E-state index contributed by atoms with van der Waals surface area (Å²) in [7, 11) is 0. The minimum absolute atomic E-state index is 0.0566. The lowest BCUT2D eigenvalue weighted by Gasteiger charge is -2.40. The summed E-state index contributed by atoms with van der Waals surface area (Å²) < 4.78 is 7.38. The number of piperidine rings is 1. The van der Waals surface area contributed by atoms with E-state index in [-0.39, 0.29) is 18.0 Å². The van der Waals surface area contributed by atoms with Gasteiger partial charge in [0.25, 0.3) is 0 Å². The second-order valence-electron chi connectivity index (χ2n) is 6.75. The highest BCUT2D eigenvalue weighted by Crippen LogP contribution is 2.21. The van der Waals surface area contributed by atoms with Crippen molar-refractivity contribution in [2.75, 3.05) is 32.8 Å². The number of hydrogen-bond acceptors (Lipinski definition) is 4. The van der Waals surface area contributed by atoms with Gasteiger partial charge in [-0.25, -0.2) is 0 Å². The number of aromatic nitrogens is 2. The van der Waals surface area contributed by atoms with Gasteiger partial charge in [-0.15, -0.1) is 0 Å². The number of aryl methyl sites for hydroxylation is 1. The zero-order valence-electron chi connectivity index (χ0n) is 14.3. The molecule has 23 heavy (non-hydrogen) atoms. The van der Waals surface area contributed by atoms with Gasteiger partial charge in [-0.2, -0.15) is 5.10 Å². The number of likely N-dealkylation sites (tertiary alicyclic amines) is 1. The third-order valence-corrected chi connectivity index (χ3v) is 5.02. The summed E-state index contributed by atoms with van der Waals surface area (Å²) in [5.74, 6) is 0.264. The largest absolute Gasteiger partial charge is 0.379 e. The van der Waals surface area contributed by atoms with E-state index in [0.717, 1.165) is 52.2 Å². The maximum atomic E-state index is 13.0. The summed E-state index contributed by atoms with van der Waals surface area (Å²) in [5.41, 5.74) is 1.17. The van der Waals surface area contributed by atoms with Crippen LogP contribution in [0.1, 0.15) is 31.7 Å².